The molecule has 0 bridgehead atoms. The Morgan fingerprint density at radius 2 is 2.15 bits per heavy atom. The molecule has 0 atom stereocenters. The number of hydrogen-bond acceptors (Lipinski definition) is 4. The Morgan fingerprint density at radius 3 is 2.62 bits per heavy atom. The minimum atomic E-state index is -0.554. The quantitative estimate of drug-likeness (QED) is 0.441. The van der Waals surface area contributed by atoms with Crippen molar-refractivity contribution < 1.29 is 14.8 Å². The van der Waals surface area contributed by atoms with Gasteiger partial charge in [-0.2, -0.15) is 0 Å². The van der Waals surface area contributed by atoms with Crippen molar-refractivity contribution >= 4 is 57.1 Å². The molecule has 66 valence electrons. The normalized spacial score (nSPS) is 8.69. The Hall–Kier alpha value is -0.144. The molecule has 1 N–H and O–H groups in total. The number of methoxy groups -OCH3 is 1. The van der Waals surface area contributed by atoms with Gasteiger partial charge in [-0.05, 0) is 6.07 Å². The van der Waals surface area contributed by atoms with Gasteiger partial charge in [0.25, 0.3) is 5.69 Å². The van der Waals surface area contributed by atoms with Gasteiger partial charge in [-0.15, -0.1) is 0 Å². The van der Waals surface area contributed by atoms with Crippen LogP contribution in [0, 0.1) is 10.1 Å². The summed E-state index contributed by atoms with van der Waals surface area (Å²) in [7, 11) is 1.33. The third-order valence-electron chi connectivity index (χ3n) is 1.37. The molecule has 0 spiro atoms. The first-order valence-electron chi connectivity index (χ1n) is 3.16. The second-order valence-electron chi connectivity index (χ2n) is 2.11. The fourth-order valence-corrected chi connectivity index (χ4v) is 0.780. The number of non-ortho nitro benzene ring substituents is 1. The van der Waals surface area contributed by atoms with Gasteiger partial charge >= 0.3 is 51.4 Å². The number of aromatic hydroxyl groups is 1. The van der Waals surface area contributed by atoms with Crippen LogP contribution in [0.25, 0.3) is 0 Å². The molecular formula is C7H8KNO4. The third-order valence-corrected chi connectivity index (χ3v) is 1.37. The van der Waals surface area contributed by atoms with Crippen LogP contribution in [0.5, 0.6) is 11.5 Å². The van der Waals surface area contributed by atoms with Gasteiger partial charge in [0.2, 0.25) is 0 Å². The number of hydrogen-bond donors (Lipinski definition) is 1. The van der Waals surface area contributed by atoms with E-state index in [1.165, 1.54) is 19.2 Å². The zero-order valence-corrected chi connectivity index (χ0v) is 6.35. The van der Waals surface area contributed by atoms with Gasteiger partial charge < -0.3 is 9.84 Å². The van der Waals surface area contributed by atoms with Crippen LogP contribution >= 0.6 is 0 Å². The summed E-state index contributed by atoms with van der Waals surface area (Å²) in [6, 6.07) is 3.59. The predicted molar refractivity (Wildman–Crippen MR) is 48.5 cm³/mol. The zero-order valence-electron chi connectivity index (χ0n) is 6.35. The molecule has 6 heteroatoms. The van der Waals surface area contributed by atoms with Crippen molar-refractivity contribution in [1.29, 1.82) is 0 Å². The van der Waals surface area contributed by atoms with Crippen LogP contribution in [0.4, 0.5) is 5.69 Å². The first kappa shape index (κ1) is 12.9. The number of ether oxygens (including phenoxy) is 1. The van der Waals surface area contributed by atoms with Crippen LogP contribution in [0.3, 0.4) is 0 Å². The fraction of sp³-hybridized carbons (Fsp3) is 0.143. The van der Waals surface area contributed by atoms with E-state index in [4.69, 9.17) is 5.11 Å². The van der Waals surface area contributed by atoms with E-state index in [2.05, 4.69) is 4.74 Å². The summed E-state index contributed by atoms with van der Waals surface area (Å²) < 4.78 is 4.68. The summed E-state index contributed by atoms with van der Waals surface area (Å²) in [5.74, 6) is -0.00713. The van der Waals surface area contributed by atoms with Crippen LogP contribution in [-0.2, 0) is 0 Å². The number of nitrogens with zero attached hydrogens (tertiary/aromatic N) is 1. The second-order valence-corrected chi connectivity index (χ2v) is 2.11. The number of nitro groups is 1. The molecule has 5 nitrogen and oxygen atoms in total. The van der Waals surface area contributed by atoms with Gasteiger partial charge in [0.15, 0.2) is 11.5 Å². The third kappa shape index (κ3) is 3.24. The second kappa shape index (κ2) is 5.56. The SMILES string of the molecule is COc1cc([N+](=O)[O-])ccc1O.[KH]. The fourth-order valence-electron chi connectivity index (χ4n) is 0.780. The van der Waals surface area contributed by atoms with Crippen LogP contribution in [0.15, 0.2) is 18.2 Å². The molecule has 0 radical (unpaired) electrons. The summed E-state index contributed by atoms with van der Waals surface area (Å²) in [5, 5.41) is 19.3. The molecule has 0 amide bonds. The van der Waals surface area contributed by atoms with Gasteiger partial charge in [-0.1, -0.05) is 0 Å². The summed E-state index contributed by atoms with van der Waals surface area (Å²) in [5.41, 5.74) is -0.107. The standard InChI is InChI=1S/C7H7NO4.K.H/c1-12-7-4-5(8(10)11)2-3-6(7)9;;/h2-4,9H,1H3;;. The molecule has 0 saturated heterocycles. The Morgan fingerprint density at radius 1 is 1.54 bits per heavy atom. The summed E-state index contributed by atoms with van der Waals surface area (Å²) in [6.45, 7) is 0. The first-order valence-corrected chi connectivity index (χ1v) is 3.16. The Labute approximate surface area is 117 Å². The molecule has 0 saturated carbocycles. The summed E-state index contributed by atoms with van der Waals surface area (Å²) in [4.78, 5) is 9.70. The number of benzene rings is 1. The van der Waals surface area contributed by atoms with Crippen molar-refractivity contribution in [1.82, 2.24) is 0 Å². The van der Waals surface area contributed by atoms with E-state index in [9.17, 15) is 10.1 Å². The number of phenolic OH excluding ortho intramolecular Hbond substituents is 1. The Bertz CT molecular complexity index is 315. The molecule has 0 aliphatic heterocycles. The molecular weight excluding hydrogens is 201 g/mol. The first-order chi connectivity index (χ1) is 5.65. The van der Waals surface area contributed by atoms with Gasteiger partial charge in [0, 0.05) is 6.07 Å². The molecule has 0 aromatic heterocycles. The van der Waals surface area contributed by atoms with E-state index in [-0.39, 0.29) is 68.6 Å². The molecule has 0 heterocycles. The Kier molecular flexibility index (Phi) is 5.50. The van der Waals surface area contributed by atoms with Crippen LogP contribution in [0.2, 0.25) is 0 Å². The minimum absolute atomic E-state index is 0. The summed E-state index contributed by atoms with van der Waals surface area (Å²) in [6.07, 6.45) is 0. The molecule has 0 aliphatic carbocycles. The van der Waals surface area contributed by atoms with E-state index < -0.39 is 4.92 Å². The number of rotatable bonds is 2. The maximum absolute atomic E-state index is 10.2. The average Bonchev–Trinajstić information content (AvgIpc) is 2.05. The van der Waals surface area contributed by atoms with Crippen molar-refractivity contribution in [2.75, 3.05) is 7.11 Å². The molecule has 0 aliphatic rings. The molecule has 0 unspecified atom stereocenters. The van der Waals surface area contributed by atoms with Crippen LogP contribution in [-0.4, -0.2) is 68.5 Å². The van der Waals surface area contributed by atoms with Gasteiger partial charge in [0.1, 0.15) is 0 Å². The van der Waals surface area contributed by atoms with Crippen LogP contribution in [0.1, 0.15) is 0 Å². The van der Waals surface area contributed by atoms with Gasteiger partial charge in [-0.3, -0.25) is 10.1 Å². The van der Waals surface area contributed by atoms with E-state index in [1.54, 1.807) is 0 Å². The van der Waals surface area contributed by atoms with Crippen molar-refractivity contribution in [2.45, 2.75) is 0 Å². The zero-order chi connectivity index (χ0) is 9.14. The van der Waals surface area contributed by atoms with Crippen molar-refractivity contribution in [2.24, 2.45) is 0 Å². The van der Waals surface area contributed by atoms with Crippen molar-refractivity contribution in [3.63, 3.8) is 0 Å². The monoisotopic (exact) mass is 209 g/mol. The molecule has 0 fully saturated rings. The van der Waals surface area contributed by atoms with Crippen molar-refractivity contribution in [3.05, 3.63) is 28.3 Å². The van der Waals surface area contributed by atoms with Gasteiger partial charge in [-0.25, -0.2) is 0 Å². The Balaban J connectivity index is 0.00000144. The molecule has 13 heavy (non-hydrogen) atoms. The van der Waals surface area contributed by atoms with E-state index in [0.717, 1.165) is 6.07 Å². The average molecular weight is 209 g/mol. The van der Waals surface area contributed by atoms with Crippen molar-refractivity contribution in [3.8, 4) is 11.5 Å². The number of nitro benzene ring substituents is 1. The van der Waals surface area contributed by atoms with E-state index in [1.807, 2.05) is 0 Å². The van der Waals surface area contributed by atoms with E-state index in [0.29, 0.717) is 0 Å². The topological polar surface area (TPSA) is 72.6 Å². The predicted octanol–water partition coefficient (Wildman–Crippen LogP) is 0.660. The molecule has 1 aromatic carbocycles. The molecule has 1 aromatic rings. The number of phenols is 1. The van der Waals surface area contributed by atoms with Gasteiger partial charge in [0.05, 0.1) is 18.1 Å². The molecule has 1 rings (SSSR count). The maximum atomic E-state index is 10.2. The van der Waals surface area contributed by atoms with E-state index >= 15 is 0 Å². The van der Waals surface area contributed by atoms with Crippen LogP contribution < -0.4 is 4.74 Å². The summed E-state index contributed by atoms with van der Waals surface area (Å²) >= 11 is 0.